The summed E-state index contributed by atoms with van der Waals surface area (Å²) in [5.41, 5.74) is 3.18. The number of benzene rings is 2. The van der Waals surface area contributed by atoms with Crippen molar-refractivity contribution in [2.75, 3.05) is 24.6 Å². The molecular formula is C28H29N3O3. The predicted octanol–water partition coefficient (Wildman–Crippen LogP) is 4.72. The number of carbonyl (C=O) groups is 2. The number of para-hydroxylation sites is 2. The Kier molecular flexibility index (Phi) is 7.38. The van der Waals surface area contributed by atoms with Gasteiger partial charge in [0, 0.05) is 25.5 Å². The van der Waals surface area contributed by atoms with Gasteiger partial charge in [0.25, 0.3) is 11.8 Å². The molecule has 2 amide bonds. The van der Waals surface area contributed by atoms with Crippen LogP contribution in [0.4, 0.5) is 5.69 Å². The number of likely N-dealkylation sites (N-methyl/N-ethyl adjacent to an activating group) is 1. The molecule has 2 heterocycles. The van der Waals surface area contributed by atoms with Gasteiger partial charge in [0.05, 0.1) is 17.9 Å². The van der Waals surface area contributed by atoms with E-state index >= 15 is 0 Å². The zero-order valence-electron chi connectivity index (χ0n) is 19.6. The van der Waals surface area contributed by atoms with Gasteiger partial charge in [0.2, 0.25) is 0 Å². The first-order chi connectivity index (χ1) is 16.7. The number of amides is 2. The van der Waals surface area contributed by atoms with Gasteiger partial charge in [-0.25, -0.2) is 4.90 Å². The normalized spacial score (nSPS) is 13.5. The van der Waals surface area contributed by atoms with Crippen molar-refractivity contribution in [2.24, 2.45) is 0 Å². The average molecular weight is 456 g/mol. The van der Waals surface area contributed by atoms with Gasteiger partial charge < -0.3 is 9.64 Å². The predicted molar refractivity (Wildman–Crippen MR) is 133 cm³/mol. The van der Waals surface area contributed by atoms with Crippen LogP contribution in [-0.2, 0) is 16.0 Å². The van der Waals surface area contributed by atoms with Crippen molar-refractivity contribution in [3.63, 3.8) is 0 Å². The molecule has 1 aromatic heterocycles. The Hall–Kier alpha value is -3.93. The topological polar surface area (TPSA) is 62.7 Å². The SMILES string of the molecule is CCCOc1ccccc1N1C(=O)C(c2ccccc2)=C(N(CC)CCc2ccncc2)C1=O. The van der Waals surface area contributed by atoms with Gasteiger partial charge in [-0.05, 0) is 55.2 Å². The maximum Gasteiger partial charge on any atom is 0.282 e. The quantitative estimate of drug-likeness (QED) is 0.414. The molecule has 34 heavy (non-hydrogen) atoms. The van der Waals surface area contributed by atoms with Crippen LogP contribution in [-0.4, -0.2) is 41.4 Å². The molecule has 6 heteroatoms. The minimum atomic E-state index is -0.332. The van der Waals surface area contributed by atoms with Gasteiger partial charge in [-0.15, -0.1) is 0 Å². The van der Waals surface area contributed by atoms with E-state index in [2.05, 4.69) is 4.98 Å². The molecule has 4 rings (SSSR count). The lowest BCUT2D eigenvalue weighted by atomic mass is 10.0. The van der Waals surface area contributed by atoms with E-state index in [9.17, 15) is 9.59 Å². The van der Waals surface area contributed by atoms with Crippen molar-refractivity contribution in [3.8, 4) is 5.75 Å². The van der Waals surface area contributed by atoms with Crippen LogP contribution in [0.15, 0.2) is 84.8 Å². The Balaban J connectivity index is 1.75. The molecule has 0 atom stereocenters. The summed E-state index contributed by atoms with van der Waals surface area (Å²) in [7, 11) is 0. The number of nitrogens with zero attached hydrogens (tertiary/aromatic N) is 3. The molecule has 6 nitrogen and oxygen atoms in total. The van der Waals surface area contributed by atoms with Crippen molar-refractivity contribution in [1.29, 1.82) is 0 Å². The number of hydrogen-bond acceptors (Lipinski definition) is 5. The molecule has 174 valence electrons. The summed E-state index contributed by atoms with van der Waals surface area (Å²) in [6, 6.07) is 20.6. The summed E-state index contributed by atoms with van der Waals surface area (Å²) in [6.45, 7) is 5.72. The van der Waals surface area contributed by atoms with E-state index in [0.717, 1.165) is 24.0 Å². The molecule has 0 saturated carbocycles. The van der Waals surface area contributed by atoms with Gasteiger partial charge in [-0.3, -0.25) is 14.6 Å². The fraction of sp³-hybridized carbons (Fsp3) is 0.250. The lowest BCUT2D eigenvalue weighted by Crippen LogP contribution is -2.36. The highest BCUT2D eigenvalue weighted by atomic mass is 16.5. The Morgan fingerprint density at radius 3 is 2.29 bits per heavy atom. The largest absolute Gasteiger partial charge is 0.491 e. The molecule has 0 bridgehead atoms. The highest BCUT2D eigenvalue weighted by molar-refractivity contribution is 6.45. The first-order valence-electron chi connectivity index (χ1n) is 11.7. The second-order valence-corrected chi connectivity index (χ2v) is 8.04. The minimum Gasteiger partial charge on any atom is -0.491 e. The molecule has 3 aromatic rings. The zero-order valence-corrected chi connectivity index (χ0v) is 19.6. The molecule has 0 unspecified atom stereocenters. The second kappa shape index (κ2) is 10.8. The van der Waals surface area contributed by atoms with Crippen molar-refractivity contribution in [2.45, 2.75) is 26.7 Å². The first kappa shape index (κ1) is 23.2. The number of hydrogen-bond donors (Lipinski definition) is 0. The van der Waals surface area contributed by atoms with E-state index in [1.54, 1.807) is 24.5 Å². The molecule has 0 fully saturated rings. The van der Waals surface area contributed by atoms with Crippen molar-refractivity contribution in [3.05, 3.63) is 95.9 Å². The Bertz CT molecular complexity index is 1180. The van der Waals surface area contributed by atoms with E-state index < -0.39 is 0 Å². The van der Waals surface area contributed by atoms with Gasteiger partial charge in [0.15, 0.2) is 0 Å². The van der Waals surface area contributed by atoms with Gasteiger partial charge in [0.1, 0.15) is 11.4 Å². The molecular weight excluding hydrogens is 426 g/mol. The standard InChI is InChI=1S/C28H29N3O3/c1-3-20-34-24-13-9-8-12-23(24)31-27(32)25(22-10-6-5-7-11-22)26(28(31)33)30(4-2)19-16-21-14-17-29-18-15-21/h5-15,17-18H,3-4,16,19-20H2,1-2H3. The number of imide groups is 1. The number of pyridine rings is 1. The fourth-order valence-electron chi connectivity index (χ4n) is 4.11. The zero-order chi connectivity index (χ0) is 23.9. The third-order valence-electron chi connectivity index (χ3n) is 5.81. The number of aromatic nitrogens is 1. The van der Waals surface area contributed by atoms with Crippen LogP contribution in [0, 0.1) is 0 Å². The summed E-state index contributed by atoms with van der Waals surface area (Å²) in [4.78, 5) is 35.0. The number of rotatable bonds is 10. The van der Waals surface area contributed by atoms with E-state index in [0.29, 0.717) is 42.4 Å². The lowest BCUT2D eigenvalue weighted by molar-refractivity contribution is -0.120. The van der Waals surface area contributed by atoms with Crippen LogP contribution in [0.1, 0.15) is 31.4 Å². The van der Waals surface area contributed by atoms with E-state index in [1.807, 2.05) is 73.3 Å². The summed E-state index contributed by atoms with van der Waals surface area (Å²) >= 11 is 0. The lowest BCUT2D eigenvalue weighted by Gasteiger charge is -2.25. The van der Waals surface area contributed by atoms with Gasteiger partial charge in [-0.2, -0.15) is 0 Å². The highest BCUT2D eigenvalue weighted by Crippen LogP contribution is 2.38. The monoisotopic (exact) mass is 455 g/mol. The molecule has 0 radical (unpaired) electrons. The minimum absolute atomic E-state index is 0.326. The Morgan fingerprint density at radius 2 is 1.59 bits per heavy atom. The number of ether oxygens (including phenoxy) is 1. The van der Waals surface area contributed by atoms with E-state index in [4.69, 9.17) is 4.74 Å². The molecule has 0 N–H and O–H groups in total. The average Bonchev–Trinajstić information content (AvgIpc) is 3.14. The van der Waals surface area contributed by atoms with Crippen LogP contribution in [0.25, 0.3) is 5.57 Å². The maximum absolute atomic E-state index is 13.9. The molecule has 2 aromatic carbocycles. The molecule has 1 aliphatic rings. The van der Waals surface area contributed by atoms with Crippen molar-refractivity contribution >= 4 is 23.1 Å². The van der Waals surface area contributed by atoms with Crippen LogP contribution < -0.4 is 9.64 Å². The molecule has 0 aliphatic carbocycles. The third-order valence-corrected chi connectivity index (χ3v) is 5.81. The number of carbonyl (C=O) groups excluding carboxylic acids is 2. The molecule has 0 saturated heterocycles. The highest BCUT2D eigenvalue weighted by Gasteiger charge is 2.43. The summed E-state index contributed by atoms with van der Waals surface area (Å²) < 4.78 is 5.88. The van der Waals surface area contributed by atoms with Crippen molar-refractivity contribution in [1.82, 2.24) is 9.88 Å². The Labute approximate surface area is 200 Å². The summed E-state index contributed by atoms with van der Waals surface area (Å²) in [5.74, 6) is -0.131. The van der Waals surface area contributed by atoms with Gasteiger partial charge >= 0.3 is 0 Å². The molecule has 1 aliphatic heterocycles. The Morgan fingerprint density at radius 1 is 0.882 bits per heavy atom. The van der Waals surface area contributed by atoms with Crippen molar-refractivity contribution < 1.29 is 14.3 Å². The van der Waals surface area contributed by atoms with Gasteiger partial charge in [-0.1, -0.05) is 49.4 Å². The van der Waals surface area contributed by atoms with Crippen LogP contribution >= 0.6 is 0 Å². The van der Waals surface area contributed by atoms with Crippen LogP contribution in [0.2, 0.25) is 0 Å². The first-order valence-corrected chi connectivity index (χ1v) is 11.7. The maximum atomic E-state index is 13.9. The van der Waals surface area contributed by atoms with E-state index in [1.165, 1.54) is 4.90 Å². The summed E-state index contributed by atoms with van der Waals surface area (Å²) in [6.07, 6.45) is 5.09. The molecule has 0 spiro atoms. The fourth-order valence-corrected chi connectivity index (χ4v) is 4.11. The number of anilines is 1. The van der Waals surface area contributed by atoms with Crippen LogP contribution in [0.5, 0.6) is 5.75 Å². The second-order valence-electron chi connectivity index (χ2n) is 8.04. The summed E-state index contributed by atoms with van der Waals surface area (Å²) in [5, 5.41) is 0. The van der Waals surface area contributed by atoms with E-state index in [-0.39, 0.29) is 11.8 Å². The van der Waals surface area contributed by atoms with Crippen LogP contribution in [0.3, 0.4) is 0 Å². The third kappa shape index (κ3) is 4.71. The smallest absolute Gasteiger partial charge is 0.282 e.